The molecule has 1 aromatic carbocycles. The van der Waals surface area contributed by atoms with Crippen LogP contribution in [0.15, 0.2) is 12.1 Å². The monoisotopic (exact) mass is 437 g/mol. The largest absolute Gasteiger partial charge is 0.496 e. The number of rotatable bonds is 6. The Hall–Kier alpha value is -0.530. The lowest BCUT2D eigenvalue weighted by atomic mass is 10.00. The molecule has 0 radical (unpaired) electrons. The van der Waals surface area contributed by atoms with Gasteiger partial charge < -0.3 is 15.2 Å². The van der Waals surface area contributed by atoms with Crippen molar-refractivity contribution in [2.45, 2.75) is 38.2 Å². The summed E-state index contributed by atoms with van der Waals surface area (Å²) in [6.07, 6.45) is 4.77. The summed E-state index contributed by atoms with van der Waals surface area (Å²) in [5.74, 6) is 0.735. The summed E-state index contributed by atoms with van der Waals surface area (Å²) in [4.78, 5) is 12.2. The first-order valence-corrected chi connectivity index (χ1v) is 8.98. The Balaban J connectivity index is 1.85. The van der Waals surface area contributed by atoms with Crippen molar-refractivity contribution in [2.75, 3.05) is 13.7 Å². The standard InChI is InChI=1S/C16H21ClINO3/c1-22-15-9-13(18)12(17)8-11(15)16(21)19-7-3-5-10-4-2-6-14(10)20/h8-10,14,20H,2-7H2,1H3,(H,19,21)/t10-,14+/m0/s1. The summed E-state index contributed by atoms with van der Waals surface area (Å²) < 4.78 is 6.10. The molecule has 22 heavy (non-hydrogen) atoms. The lowest BCUT2D eigenvalue weighted by molar-refractivity contribution is 0.0946. The topological polar surface area (TPSA) is 58.6 Å². The van der Waals surface area contributed by atoms with Crippen LogP contribution in [0.4, 0.5) is 0 Å². The first kappa shape index (κ1) is 17.8. The van der Waals surface area contributed by atoms with Crippen molar-refractivity contribution in [3.05, 3.63) is 26.3 Å². The number of amides is 1. The van der Waals surface area contributed by atoms with Gasteiger partial charge in [0.1, 0.15) is 5.75 Å². The molecular formula is C16H21ClINO3. The van der Waals surface area contributed by atoms with Crippen molar-refractivity contribution in [2.24, 2.45) is 5.92 Å². The first-order valence-electron chi connectivity index (χ1n) is 7.52. The second-order valence-electron chi connectivity index (χ2n) is 5.62. The number of aliphatic hydroxyl groups is 1. The average Bonchev–Trinajstić information content (AvgIpc) is 2.91. The number of aliphatic hydroxyl groups excluding tert-OH is 1. The second kappa shape index (κ2) is 8.36. The molecule has 6 heteroatoms. The number of methoxy groups -OCH3 is 1. The van der Waals surface area contributed by atoms with E-state index in [1.165, 1.54) is 7.11 Å². The van der Waals surface area contributed by atoms with E-state index in [0.29, 0.717) is 28.8 Å². The summed E-state index contributed by atoms with van der Waals surface area (Å²) in [6, 6.07) is 3.39. The van der Waals surface area contributed by atoms with Gasteiger partial charge in [0, 0.05) is 10.1 Å². The van der Waals surface area contributed by atoms with Gasteiger partial charge in [0.25, 0.3) is 5.91 Å². The van der Waals surface area contributed by atoms with Crippen molar-refractivity contribution >= 4 is 40.1 Å². The van der Waals surface area contributed by atoms with Gasteiger partial charge in [0.05, 0.1) is 23.8 Å². The number of carbonyl (C=O) groups is 1. The highest BCUT2D eigenvalue weighted by molar-refractivity contribution is 14.1. The van der Waals surface area contributed by atoms with Gasteiger partial charge in [-0.1, -0.05) is 18.0 Å². The molecule has 1 aromatic rings. The molecule has 0 aromatic heterocycles. The molecule has 2 N–H and O–H groups in total. The molecule has 1 aliphatic carbocycles. The maximum absolute atomic E-state index is 12.2. The summed E-state index contributed by atoms with van der Waals surface area (Å²) in [7, 11) is 1.54. The van der Waals surface area contributed by atoms with Crippen LogP contribution in [0.25, 0.3) is 0 Å². The van der Waals surface area contributed by atoms with Crippen molar-refractivity contribution in [1.29, 1.82) is 0 Å². The van der Waals surface area contributed by atoms with Gasteiger partial charge in [-0.05, 0) is 66.3 Å². The minimum absolute atomic E-state index is 0.161. The molecule has 1 saturated carbocycles. The molecule has 0 saturated heterocycles. The van der Waals surface area contributed by atoms with Crippen LogP contribution in [0.2, 0.25) is 5.02 Å². The van der Waals surface area contributed by atoms with Gasteiger partial charge in [-0.2, -0.15) is 0 Å². The zero-order valence-corrected chi connectivity index (χ0v) is 15.5. The van der Waals surface area contributed by atoms with E-state index in [1.54, 1.807) is 12.1 Å². The van der Waals surface area contributed by atoms with E-state index in [4.69, 9.17) is 16.3 Å². The second-order valence-corrected chi connectivity index (χ2v) is 7.19. The van der Waals surface area contributed by atoms with Crippen LogP contribution in [0.3, 0.4) is 0 Å². The van der Waals surface area contributed by atoms with Gasteiger partial charge in [-0.25, -0.2) is 0 Å². The Kier molecular flexibility index (Phi) is 6.77. The van der Waals surface area contributed by atoms with Crippen LogP contribution in [-0.4, -0.2) is 30.8 Å². The van der Waals surface area contributed by atoms with E-state index in [9.17, 15) is 9.90 Å². The van der Waals surface area contributed by atoms with Crippen molar-refractivity contribution < 1.29 is 14.6 Å². The fourth-order valence-corrected chi connectivity index (χ4v) is 3.49. The van der Waals surface area contributed by atoms with Crippen molar-refractivity contribution in [3.8, 4) is 5.75 Å². The Morgan fingerprint density at radius 2 is 2.27 bits per heavy atom. The lowest BCUT2D eigenvalue weighted by Gasteiger charge is -2.14. The highest BCUT2D eigenvalue weighted by Gasteiger charge is 2.24. The van der Waals surface area contributed by atoms with E-state index in [1.807, 2.05) is 0 Å². The summed E-state index contributed by atoms with van der Waals surface area (Å²) in [5, 5.41) is 13.2. The highest BCUT2D eigenvalue weighted by atomic mass is 127. The molecule has 122 valence electrons. The summed E-state index contributed by atoms with van der Waals surface area (Å²) >= 11 is 8.18. The fourth-order valence-electron chi connectivity index (χ4n) is 2.89. The number of hydrogen-bond donors (Lipinski definition) is 2. The van der Waals surface area contributed by atoms with Gasteiger partial charge in [-0.3, -0.25) is 4.79 Å². The average molecular weight is 438 g/mol. The maximum atomic E-state index is 12.2. The number of benzene rings is 1. The van der Waals surface area contributed by atoms with E-state index in [2.05, 4.69) is 27.9 Å². The van der Waals surface area contributed by atoms with E-state index in [0.717, 1.165) is 35.7 Å². The van der Waals surface area contributed by atoms with Crippen LogP contribution in [0, 0.1) is 9.49 Å². The van der Waals surface area contributed by atoms with Gasteiger partial charge >= 0.3 is 0 Å². The Bertz CT molecular complexity index is 538. The Labute approximate surface area is 149 Å². The third kappa shape index (κ3) is 4.49. The van der Waals surface area contributed by atoms with Crippen LogP contribution in [-0.2, 0) is 0 Å². The maximum Gasteiger partial charge on any atom is 0.255 e. The fraction of sp³-hybridized carbons (Fsp3) is 0.562. The normalized spacial score (nSPS) is 20.9. The van der Waals surface area contributed by atoms with Gasteiger partial charge in [0.2, 0.25) is 0 Å². The molecule has 0 heterocycles. The molecule has 4 nitrogen and oxygen atoms in total. The van der Waals surface area contributed by atoms with E-state index >= 15 is 0 Å². The lowest BCUT2D eigenvalue weighted by Crippen LogP contribution is -2.26. The smallest absolute Gasteiger partial charge is 0.255 e. The number of halogens is 2. The SMILES string of the molecule is COc1cc(I)c(Cl)cc1C(=O)NCCC[C@@H]1CCC[C@H]1O. The first-order chi connectivity index (χ1) is 10.5. The summed E-state index contributed by atoms with van der Waals surface area (Å²) in [6.45, 7) is 0.592. The van der Waals surface area contributed by atoms with Crippen molar-refractivity contribution in [3.63, 3.8) is 0 Å². The Morgan fingerprint density at radius 3 is 2.91 bits per heavy atom. The molecule has 0 aliphatic heterocycles. The van der Waals surface area contributed by atoms with Crippen molar-refractivity contribution in [1.82, 2.24) is 5.32 Å². The molecule has 0 unspecified atom stereocenters. The molecule has 1 amide bonds. The zero-order chi connectivity index (χ0) is 16.1. The molecule has 1 fully saturated rings. The molecule has 0 bridgehead atoms. The predicted molar refractivity (Wildman–Crippen MR) is 95.6 cm³/mol. The number of hydrogen-bond acceptors (Lipinski definition) is 3. The van der Waals surface area contributed by atoms with Gasteiger partial charge in [0.15, 0.2) is 0 Å². The minimum Gasteiger partial charge on any atom is -0.496 e. The van der Waals surface area contributed by atoms with Crippen LogP contribution in [0.1, 0.15) is 42.5 Å². The third-order valence-electron chi connectivity index (χ3n) is 4.14. The number of ether oxygens (including phenoxy) is 1. The van der Waals surface area contributed by atoms with Gasteiger partial charge in [-0.15, -0.1) is 0 Å². The highest BCUT2D eigenvalue weighted by Crippen LogP contribution is 2.29. The number of nitrogens with one attached hydrogen (secondary N) is 1. The van der Waals surface area contributed by atoms with E-state index < -0.39 is 0 Å². The van der Waals surface area contributed by atoms with Crippen LogP contribution >= 0.6 is 34.2 Å². The quantitative estimate of drug-likeness (QED) is 0.528. The number of carbonyl (C=O) groups excluding carboxylic acids is 1. The summed E-state index contributed by atoms with van der Waals surface area (Å²) in [5.41, 5.74) is 0.453. The molecule has 2 rings (SSSR count). The van der Waals surface area contributed by atoms with Crippen LogP contribution in [0.5, 0.6) is 5.75 Å². The molecule has 2 atom stereocenters. The minimum atomic E-state index is -0.179. The molecule has 1 aliphatic rings. The molecule has 0 spiro atoms. The third-order valence-corrected chi connectivity index (χ3v) is 5.67. The van der Waals surface area contributed by atoms with Crippen LogP contribution < -0.4 is 10.1 Å². The predicted octanol–water partition coefficient (Wildman–Crippen LogP) is 3.62. The molecular weight excluding hydrogens is 417 g/mol. The Morgan fingerprint density at radius 1 is 1.50 bits per heavy atom. The zero-order valence-electron chi connectivity index (χ0n) is 12.6. The van der Waals surface area contributed by atoms with E-state index in [-0.39, 0.29) is 12.0 Å².